The first-order valence-corrected chi connectivity index (χ1v) is 8.55. The van der Waals surface area contributed by atoms with Crippen LogP contribution in [-0.4, -0.2) is 28.2 Å². The largest absolute Gasteiger partial charge is 0.462 e. The molecule has 0 spiro atoms. The van der Waals surface area contributed by atoms with Crippen LogP contribution in [-0.2, 0) is 4.79 Å². The maximum atomic E-state index is 12.4. The van der Waals surface area contributed by atoms with E-state index in [1.807, 2.05) is 6.07 Å². The van der Waals surface area contributed by atoms with Crippen molar-refractivity contribution in [2.45, 2.75) is 44.2 Å². The summed E-state index contributed by atoms with van der Waals surface area (Å²) in [5.41, 5.74) is 0. The van der Waals surface area contributed by atoms with E-state index in [0.29, 0.717) is 27.9 Å². The molecule has 2 aromatic heterocycles. The molecule has 1 aliphatic carbocycles. The van der Waals surface area contributed by atoms with Gasteiger partial charge in [-0.05, 0) is 37.3 Å². The van der Waals surface area contributed by atoms with Crippen LogP contribution in [0.3, 0.4) is 0 Å². The van der Waals surface area contributed by atoms with Crippen LogP contribution < -0.4 is 10.6 Å². The summed E-state index contributed by atoms with van der Waals surface area (Å²) in [5, 5.41) is 15.6. The summed E-state index contributed by atoms with van der Waals surface area (Å²) in [4.78, 5) is 12.4. The summed E-state index contributed by atoms with van der Waals surface area (Å²) in [6, 6.07) is 4.04. The summed E-state index contributed by atoms with van der Waals surface area (Å²) in [5.74, 6) is 1.32. The smallest absolute Gasteiger partial charge is 0.243 e. The molecule has 6 nitrogen and oxygen atoms in total. The first-order valence-electron chi connectivity index (χ1n) is 7.74. The second-order valence-electron chi connectivity index (χ2n) is 5.98. The molecule has 4 rings (SSSR count). The van der Waals surface area contributed by atoms with Crippen molar-refractivity contribution in [1.82, 2.24) is 15.5 Å². The number of fused-ring (bicyclic) bond motifs is 1. The van der Waals surface area contributed by atoms with Crippen LogP contribution in [0.1, 0.15) is 32.1 Å². The maximum Gasteiger partial charge on any atom is 0.243 e. The van der Waals surface area contributed by atoms with Gasteiger partial charge in [0.15, 0.2) is 10.8 Å². The number of furan rings is 1. The summed E-state index contributed by atoms with van der Waals surface area (Å²) < 4.78 is 5.28. The van der Waals surface area contributed by atoms with Crippen LogP contribution in [0.5, 0.6) is 0 Å². The molecule has 2 aromatic rings. The molecule has 2 fully saturated rings. The molecule has 2 aliphatic rings. The van der Waals surface area contributed by atoms with E-state index >= 15 is 0 Å². The van der Waals surface area contributed by atoms with Crippen LogP contribution in [0.15, 0.2) is 22.8 Å². The number of carbonyl (C=O) groups excluding carboxylic acids is 1. The summed E-state index contributed by atoms with van der Waals surface area (Å²) in [6.07, 6.45) is 7.52. The third-order valence-electron chi connectivity index (χ3n) is 4.57. The quantitative estimate of drug-likeness (QED) is 0.909. The Labute approximate surface area is 132 Å². The topological polar surface area (TPSA) is 80.1 Å². The van der Waals surface area contributed by atoms with E-state index in [2.05, 4.69) is 20.8 Å². The van der Waals surface area contributed by atoms with Gasteiger partial charge in [0.25, 0.3) is 0 Å². The minimum atomic E-state index is -0.107. The van der Waals surface area contributed by atoms with Crippen molar-refractivity contribution in [3.8, 4) is 10.8 Å². The second-order valence-corrected chi connectivity index (χ2v) is 6.96. The highest BCUT2D eigenvalue weighted by molar-refractivity contribution is 7.18. The number of amides is 1. The molecule has 0 bridgehead atoms. The molecule has 3 unspecified atom stereocenters. The van der Waals surface area contributed by atoms with E-state index in [0.717, 1.165) is 6.42 Å². The van der Waals surface area contributed by atoms with E-state index in [9.17, 15) is 4.79 Å². The maximum absolute atomic E-state index is 12.4. The van der Waals surface area contributed by atoms with Gasteiger partial charge in [-0.3, -0.25) is 10.1 Å². The number of rotatable bonds is 3. The predicted octanol–water partition coefficient (Wildman–Crippen LogP) is 2.66. The molecule has 22 heavy (non-hydrogen) atoms. The number of nitrogens with one attached hydrogen (secondary N) is 2. The normalized spacial score (nSPS) is 27.5. The SMILES string of the molecule is O=C(Nc1nnc(-c2ccco2)s1)C1CC2CCCCC2N1. The Morgan fingerprint density at radius 1 is 1.36 bits per heavy atom. The zero-order valence-corrected chi connectivity index (χ0v) is 12.9. The molecular weight excluding hydrogens is 300 g/mol. The second kappa shape index (κ2) is 5.81. The Kier molecular flexibility index (Phi) is 3.67. The molecule has 3 atom stereocenters. The predicted molar refractivity (Wildman–Crippen MR) is 83.5 cm³/mol. The minimum Gasteiger partial charge on any atom is -0.462 e. The Balaban J connectivity index is 1.40. The van der Waals surface area contributed by atoms with Gasteiger partial charge < -0.3 is 9.73 Å². The molecule has 1 aliphatic heterocycles. The lowest BCUT2D eigenvalue weighted by molar-refractivity contribution is -0.117. The Morgan fingerprint density at radius 2 is 2.27 bits per heavy atom. The van der Waals surface area contributed by atoms with Gasteiger partial charge in [0.1, 0.15) is 0 Å². The lowest BCUT2D eigenvalue weighted by Gasteiger charge is -2.24. The Hall–Kier alpha value is -1.73. The minimum absolute atomic E-state index is 0.00320. The number of nitrogens with zero attached hydrogens (tertiary/aromatic N) is 2. The van der Waals surface area contributed by atoms with E-state index in [4.69, 9.17) is 4.42 Å². The summed E-state index contributed by atoms with van der Waals surface area (Å²) in [6.45, 7) is 0. The molecule has 0 radical (unpaired) electrons. The van der Waals surface area contributed by atoms with Crippen LogP contribution in [0, 0.1) is 5.92 Å². The van der Waals surface area contributed by atoms with Crippen molar-refractivity contribution in [2.24, 2.45) is 5.92 Å². The van der Waals surface area contributed by atoms with E-state index in [1.54, 1.807) is 12.3 Å². The highest BCUT2D eigenvalue weighted by Crippen LogP contribution is 2.34. The van der Waals surface area contributed by atoms with Crippen molar-refractivity contribution in [3.63, 3.8) is 0 Å². The molecular formula is C15H18N4O2S. The number of hydrogen-bond donors (Lipinski definition) is 2. The third kappa shape index (κ3) is 2.66. The first-order chi connectivity index (χ1) is 10.8. The molecule has 1 saturated carbocycles. The zero-order chi connectivity index (χ0) is 14.9. The molecule has 1 saturated heterocycles. The Bertz CT molecular complexity index is 640. The monoisotopic (exact) mass is 318 g/mol. The van der Waals surface area contributed by atoms with Crippen molar-refractivity contribution >= 4 is 22.4 Å². The highest BCUT2D eigenvalue weighted by atomic mass is 32.1. The van der Waals surface area contributed by atoms with Gasteiger partial charge in [-0.25, -0.2) is 0 Å². The molecule has 0 aromatic carbocycles. The molecule has 7 heteroatoms. The van der Waals surface area contributed by atoms with Gasteiger partial charge in [0.05, 0.1) is 12.3 Å². The summed E-state index contributed by atoms with van der Waals surface area (Å²) in [7, 11) is 0. The van der Waals surface area contributed by atoms with Gasteiger partial charge in [0.2, 0.25) is 11.0 Å². The fraction of sp³-hybridized carbons (Fsp3) is 0.533. The first kappa shape index (κ1) is 13.9. The lowest BCUT2D eigenvalue weighted by Crippen LogP contribution is -2.39. The van der Waals surface area contributed by atoms with Crippen LogP contribution in [0.4, 0.5) is 5.13 Å². The van der Waals surface area contributed by atoms with E-state index < -0.39 is 0 Å². The van der Waals surface area contributed by atoms with Crippen molar-refractivity contribution in [1.29, 1.82) is 0 Å². The molecule has 3 heterocycles. The van der Waals surface area contributed by atoms with E-state index in [-0.39, 0.29) is 11.9 Å². The Morgan fingerprint density at radius 3 is 3.09 bits per heavy atom. The fourth-order valence-electron chi connectivity index (χ4n) is 3.49. The van der Waals surface area contributed by atoms with Crippen LogP contribution >= 0.6 is 11.3 Å². The fourth-order valence-corrected chi connectivity index (χ4v) is 4.20. The van der Waals surface area contributed by atoms with Gasteiger partial charge >= 0.3 is 0 Å². The molecule has 2 N–H and O–H groups in total. The van der Waals surface area contributed by atoms with Gasteiger partial charge in [-0.15, -0.1) is 10.2 Å². The zero-order valence-electron chi connectivity index (χ0n) is 12.1. The van der Waals surface area contributed by atoms with Crippen molar-refractivity contribution in [3.05, 3.63) is 18.4 Å². The molecule has 1 amide bonds. The summed E-state index contributed by atoms with van der Waals surface area (Å²) >= 11 is 1.33. The standard InChI is InChI=1S/C15H18N4O2S/c20-13(11-8-9-4-1-2-5-10(9)16-11)17-15-19-18-14(22-15)12-6-3-7-21-12/h3,6-7,9-11,16H,1-2,4-5,8H2,(H,17,19,20). The van der Waals surface area contributed by atoms with Crippen molar-refractivity contribution in [2.75, 3.05) is 5.32 Å². The average Bonchev–Trinajstić information content (AvgIpc) is 3.26. The van der Waals surface area contributed by atoms with Crippen molar-refractivity contribution < 1.29 is 9.21 Å². The van der Waals surface area contributed by atoms with Crippen LogP contribution in [0.25, 0.3) is 10.8 Å². The van der Waals surface area contributed by atoms with Gasteiger partial charge in [0, 0.05) is 6.04 Å². The van der Waals surface area contributed by atoms with Gasteiger partial charge in [-0.1, -0.05) is 24.2 Å². The number of aromatic nitrogens is 2. The lowest BCUT2D eigenvalue weighted by atomic mass is 9.85. The molecule has 116 valence electrons. The number of anilines is 1. The number of hydrogen-bond acceptors (Lipinski definition) is 6. The number of carbonyl (C=O) groups is 1. The highest BCUT2D eigenvalue weighted by Gasteiger charge is 2.38. The van der Waals surface area contributed by atoms with Crippen LogP contribution in [0.2, 0.25) is 0 Å². The van der Waals surface area contributed by atoms with E-state index in [1.165, 1.54) is 37.0 Å². The van der Waals surface area contributed by atoms with Gasteiger partial charge in [-0.2, -0.15) is 0 Å². The average molecular weight is 318 g/mol. The third-order valence-corrected chi connectivity index (χ3v) is 5.42.